The van der Waals surface area contributed by atoms with Crippen LogP contribution in [0.3, 0.4) is 0 Å². The molecule has 8 heteroatoms. The summed E-state index contributed by atoms with van der Waals surface area (Å²) < 4.78 is 28.3. The molecule has 3 rings (SSSR count). The maximum atomic E-state index is 12.2. The predicted octanol–water partition coefficient (Wildman–Crippen LogP) is 3.04. The maximum absolute atomic E-state index is 12.2. The van der Waals surface area contributed by atoms with Crippen LogP contribution in [-0.4, -0.2) is 32.0 Å². The number of nitriles is 1. The van der Waals surface area contributed by atoms with E-state index in [9.17, 15) is 8.42 Å². The summed E-state index contributed by atoms with van der Waals surface area (Å²) >= 11 is 6.11. The van der Waals surface area contributed by atoms with Crippen molar-refractivity contribution in [3.8, 4) is 6.07 Å². The SMILES string of the molecule is N#CCCN(N=Cc1ccccc1Cl)C1=NS(=O)(=O)c2ccccc21. The van der Waals surface area contributed by atoms with Gasteiger partial charge in [-0.15, -0.1) is 4.40 Å². The molecule has 0 saturated carbocycles. The molecule has 0 amide bonds. The Morgan fingerprint density at radius 2 is 1.92 bits per heavy atom. The Labute approximate surface area is 150 Å². The van der Waals surface area contributed by atoms with E-state index >= 15 is 0 Å². The van der Waals surface area contributed by atoms with Crippen molar-refractivity contribution in [3.63, 3.8) is 0 Å². The number of hydrazone groups is 1. The van der Waals surface area contributed by atoms with Gasteiger partial charge in [-0.1, -0.05) is 41.9 Å². The third-order valence-corrected chi connectivity index (χ3v) is 5.20. The molecule has 0 fully saturated rings. The van der Waals surface area contributed by atoms with E-state index in [-0.39, 0.29) is 23.7 Å². The summed E-state index contributed by atoms with van der Waals surface area (Å²) in [4.78, 5) is 0.139. The molecule has 25 heavy (non-hydrogen) atoms. The number of amidine groups is 1. The van der Waals surface area contributed by atoms with Gasteiger partial charge in [-0.05, 0) is 18.2 Å². The van der Waals surface area contributed by atoms with Gasteiger partial charge in [-0.2, -0.15) is 18.8 Å². The van der Waals surface area contributed by atoms with Crippen LogP contribution in [0.4, 0.5) is 0 Å². The smallest absolute Gasteiger partial charge is 0.246 e. The summed E-state index contributed by atoms with van der Waals surface area (Å²) in [5, 5.41) is 15.1. The Kier molecular flexibility index (Phi) is 4.83. The molecule has 0 aliphatic carbocycles. The minimum absolute atomic E-state index is 0.139. The Bertz CT molecular complexity index is 1010. The van der Waals surface area contributed by atoms with Gasteiger partial charge in [0.25, 0.3) is 10.0 Å². The second kappa shape index (κ2) is 7.05. The average molecular weight is 373 g/mol. The van der Waals surface area contributed by atoms with Gasteiger partial charge in [0.05, 0.1) is 25.2 Å². The fourth-order valence-electron chi connectivity index (χ4n) is 2.36. The quantitative estimate of drug-likeness (QED) is 0.609. The number of sulfonamides is 1. The van der Waals surface area contributed by atoms with Gasteiger partial charge in [-0.25, -0.2) is 5.01 Å². The number of halogens is 1. The first-order chi connectivity index (χ1) is 12.0. The molecule has 2 aromatic carbocycles. The molecule has 0 saturated heterocycles. The number of hydrogen-bond acceptors (Lipinski definition) is 5. The molecule has 0 radical (unpaired) electrons. The van der Waals surface area contributed by atoms with Crippen LogP contribution < -0.4 is 0 Å². The topological polar surface area (TPSA) is 85.9 Å². The predicted molar refractivity (Wildman–Crippen MR) is 96.1 cm³/mol. The molecule has 2 aromatic rings. The third-order valence-electron chi connectivity index (χ3n) is 3.53. The van der Waals surface area contributed by atoms with E-state index < -0.39 is 10.0 Å². The van der Waals surface area contributed by atoms with Gasteiger partial charge in [0.1, 0.15) is 4.90 Å². The fraction of sp³-hybridized carbons (Fsp3) is 0.118. The van der Waals surface area contributed by atoms with Crippen molar-refractivity contribution in [3.05, 3.63) is 64.7 Å². The molecule has 0 spiro atoms. The molecule has 0 unspecified atom stereocenters. The summed E-state index contributed by atoms with van der Waals surface area (Å²) in [6, 6.07) is 15.7. The van der Waals surface area contributed by atoms with Crippen LogP contribution in [0.25, 0.3) is 0 Å². The van der Waals surface area contributed by atoms with Crippen molar-refractivity contribution >= 4 is 33.7 Å². The third kappa shape index (κ3) is 3.55. The van der Waals surface area contributed by atoms with Gasteiger partial charge in [0, 0.05) is 16.1 Å². The highest BCUT2D eigenvalue weighted by atomic mass is 35.5. The van der Waals surface area contributed by atoms with Crippen LogP contribution in [0.1, 0.15) is 17.5 Å². The summed E-state index contributed by atoms with van der Waals surface area (Å²) in [6.45, 7) is 0.208. The molecule has 0 aromatic heterocycles. The molecule has 6 nitrogen and oxygen atoms in total. The minimum Gasteiger partial charge on any atom is -0.246 e. The largest absolute Gasteiger partial charge is 0.285 e. The minimum atomic E-state index is -3.75. The van der Waals surface area contributed by atoms with E-state index in [1.807, 2.05) is 12.1 Å². The molecular weight excluding hydrogens is 360 g/mol. The normalized spacial score (nSPS) is 14.8. The average Bonchev–Trinajstić information content (AvgIpc) is 2.88. The summed E-state index contributed by atoms with van der Waals surface area (Å²) in [5.41, 5.74) is 1.15. The van der Waals surface area contributed by atoms with E-state index in [1.165, 1.54) is 17.3 Å². The van der Waals surface area contributed by atoms with E-state index in [4.69, 9.17) is 16.9 Å². The Morgan fingerprint density at radius 1 is 1.20 bits per heavy atom. The van der Waals surface area contributed by atoms with Gasteiger partial charge in [-0.3, -0.25) is 0 Å². The lowest BCUT2D eigenvalue weighted by Crippen LogP contribution is -2.27. The highest BCUT2D eigenvalue weighted by Crippen LogP contribution is 2.27. The Morgan fingerprint density at radius 3 is 2.68 bits per heavy atom. The first-order valence-electron chi connectivity index (χ1n) is 7.40. The molecule has 1 heterocycles. The van der Waals surface area contributed by atoms with Gasteiger partial charge in [0.15, 0.2) is 5.84 Å². The number of fused-ring (bicyclic) bond motifs is 1. The van der Waals surface area contributed by atoms with E-state index in [1.54, 1.807) is 36.4 Å². The van der Waals surface area contributed by atoms with Crippen molar-refractivity contribution in [1.29, 1.82) is 5.26 Å². The van der Waals surface area contributed by atoms with E-state index in [0.29, 0.717) is 16.1 Å². The lowest BCUT2D eigenvalue weighted by molar-refractivity contribution is 0.459. The fourth-order valence-corrected chi connectivity index (χ4v) is 3.75. The zero-order chi connectivity index (χ0) is 17.9. The van der Waals surface area contributed by atoms with Crippen LogP contribution in [-0.2, 0) is 10.0 Å². The summed E-state index contributed by atoms with van der Waals surface area (Å²) in [7, 11) is -3.75. The molecule has 0 atom stereocenters. The Balaban J connectivity index is 2.00. The molecule has 0 bridgehead atoms. The molecule has 1 aliphatic heterocycles. The van der Waals surface area contributed by atoms with Gasteiger partial charge in [0.2, 0.25) is 0 Å². The maximum Gasteiger partial charge on any atom is 0.285 e. The van der Waals surface area contributed by atoms with Crippen LogP contribution in [0.15, 0.2) is 62.9 Å². The monoisotopic (exact) mass is 372 g/mol. The van der Waals surface area contributed by atoms with Crippen molar-refractivity contribution in [2.24, 2.45) is 9.50 Å². The molecule has 0 N–H and O–H groups in total. The van der Waals surface area contributed by atoms with Crippen LogP contribution in [0.2, 0.25) is 5.02 Å². The number of rotatable bonds is 4. The Hall–Kier alpha value is -2.69. The summed E-state index contributed by atoms with van der Waals surface area (Å²) in [6.07, 6.45) is 1.69. The van der Waals surface area contributed by atoms with E-state index in [0.717, 1.165) is 0 Å². The van der Waals surface area contributed by atoms with Crippen molar-refractivity contribution < 1.29 is 8.42 Å². The second-order valence-corrected chi connectivity index (χ2v) is 7.16. The number of benzene rings is 2. The lowest BCUT2D eigenvalue weighted by Gasteiger charge is -2.17. The zero-order valence-electron chi connectivity index (χ0n) is 13.0. The molecule has 126 valence electrons. The summed E-state index contributed by atoms with van der Waals surface area (Å²) in [5.74, 6) is 0.203. The molecule has 1 aliphatic rings. The lowest BCUT2D eigenvalue weighted by atomic mass is 10.2. The second-order valence-electron chi connectivity index (χ2n) is 5.18. The number of hydrogen-bond donors (Lipinski definition) is 0. The van der Waals surface area contributed by atoms with E-state index in [2.05, 4.69) is 9.50 Å². The van der Waals surface area contributed by atoms with Crippen molar-refractivity contribution in [1.82, 2.24) is 5.01 Å². The zero-order valence-corrected chi connectivity index (χ0v) is 14.6. The van der Waals surface area contributed by atoms with Crippen LogP contribution in [0, 0.1) is 11.3 Å². The molecular formula is C17H13ClN4O2S. The van der Waals surface area contributed by atoms with Crippen molar-refractivity contribution in [2.45, 2.75) is 11.3 Å². The van der Waals surface area contributed by atoms with Crippen LogP contribution in [0.5, 0.6) is 0 Å². The first kappa shape index (κ1) is 17.1. The number of nitrogens with zero attached hydrogens (tertiary/aromatic N) is 4. The first-order valence-corrected chi connectivity index (χ1v) is 9.22. The van der Waals surface area contributed by atoms with Gasteiger partial charge < -0.3 is 0 Å². The van der Waals surface area contributed by atoms with Crippen molar-refractivity contribution in [2.75, 3.05) is 6.54 Å². The standard InChI is InChI=1S/C17H13ClN4O2S/c18-15-8-3-1-6-13(15)12-20-22(11-5-10-19)17-14-7-2-4-9-16(14)25(23,24)21-17/h1-4,6-9,12H,5,11H2. The van der Waals surface area contributed by atoms with Crippen LogP contribution >= 0.6 is 11.6 Å². The highest BCUT2D eigenvalue weighted by molar-refractivity contribution is 7.90. The van der Waals surface area contributed by atoms with Gasteiger partial charge >= 0.3 is 0 Å². The highest BCUT2D eigenvalue weighted by Gasteiger charge is 2.31.